The highest BCUT2D eigenvalue weighted by Gasteiger charge is 2.21. The molecule has 228 valence electrons. The Kier molecular flexibility index (Phi) is 9.63. The van der Waals surface area contributed by atoms with Crippen LogP contribution in [0, 0.1) is 0 Å². The van der Waals surface area contributed by atoms with Crippen molar-refractivity contribution < 1.29 is 57.6 Å². The highest BCUT2D eigenvalue weighted by Crippen LogP contribution is 2.39. The molecule has 0 aliphatic rings. The van der Waals surface area contributed by atoms with E-state index in [-0.39, 0.29) is 49.9 Å². The first-order chi connectivity index (χ1) is 20.9. The summed E-state index contributed by atoms with van der Waals surface area (Å²) in [6, 6.07) is 15.3. The Labute approximate surface area is 251 Å². The topological polar surface area (TPSA) is 257 Å². The zero-order valence-electron chi connectivity index (χ0n) is 21.8. The standard InChI is InChI=1S/C26H20N4O12S2/c31-21-7-3-13(9-19(21)25(33)34)27-29-15-1-5-17(23(11-15)43-42-41-37)18-6-2-16(12-24(18)44(38,39)40)30-28-14-4-8-22(32)20(10-14)26(35)36/h1-12,28,30-32,37H,(H,33,34)(H,35,36)(H,38,39,40). The Morgan fingerprint density at radius 2 is 1.25 bits per heavy atom. The Hall–Kier alpha value is -5.24. The zero-order chi connectivity index (χ0) is 32.0. The largest absolute Gasteiger partial charge is 0.507 e. The molecule has 44 heavy (non-hydrogen) atoms. The van der Waals surface area contributed by atoms with Gasteiger partial charge in [0, 0.05) is 10.5 Å². The molecule has 0 radical (unpaired) electrons. The summed E-state index contributed by atoms with van der Waals surface area (Å²) in [4.78, 5) is 22.1. The number of anilines is 2. The second-order valence-corrected chi connectivity index (χ2v) is 10.7. The highest BCUT2D eigenvalue weighted by atomic mass is 32.2. The minimum absolute atomic E-state index is 0.00647. The molecule has 0 unspecified atom stereocenters. The predicted octanol–water partition coefficient (Wildman–Crippen LogP) is 5.69. The number of carbonyl (C=O) groups is 2. The molecule has 0 amide bonds. The fraction of sp³-hybridized carbons (Fsp3) is 0. The van der Waals surface area contributed by atoms with Gasteiger partial charge in [-0.3, -0.25) is 4.55 Å². The number of nitrogens with zero attached hydrogens (tertiary/aromatic N) is 2. The van der Waals surface area contributed by atoms with Crippen molar-refractivity contribution >= 4 is 56.8 Å². The first-order valence-corrected chi connectivity index (χ1v) is 14.0. The molecule has 0 saturated carbocycles. The summed E-state index contributed by atoms with van der Waals surface area (Å²) in [5.74, 6) is -3.65. The number of aromatic hydroxyl groups is 2. The first-order valence-electron chi connectivity index (χ1n) is 11.8. The van der Waals surface area contributed by atoms with Gasteiger partial charge in [0.2, 0.25) is 0 Å². The summed E-state index contributed by atoms with van der Waals surface area (Å²) < 4.78 is 39.3. The van der Waals surface area contributed by atoms with E-state index in [1.54, 1.807) is 0 Å². The van der Waals surface area contributed by atoms with Crippen LogP contribution in [0.2, 0.25) is 0 Å². The number of azo groups is 1. The van der Waals surface area contributed by atoms with E-state index in [0.717, 1.165) is 30.3 Å². The molecule has 0 bridgehead atoms. The van der Waals surface area contributed by atoms with E-state index in [4.69, 9.17) is 5.26 Å². The minimum Gasteiger partial charge on any atom is -0.507 e. The average molecular weight is 645 g/mol. The van der Waals surface area contributed by atoms with E-state index >= 15 is 0 Å². The number of hydrogen-bond donors (Lipinski definition) is 8. The SMILES string of the molecule is O=C(O)c1cc(N=Nc2ccc(-c3ccc(NNc4ccc(O)c(C(=O)O)c4)cc3S(=O)(=O)O)c(SOOO)c2)ccc1O. The summed E-state index contributed by atoms with van der Waals surface area (Å²) >= 11 is 0.464. The van der Waals surface area contributed by atoms with Gasteiger partial charge in [0.05, 0.1) is 34.8 Å². The predicted molar refractivity (Wildman–Crippen MR) is 154 cm³/mol. The van der Waals surface area contributed by atoms with Crippen molar-refractivity contribution in [3.63, 3.8) is 0 Å². The van der Waals surface area contributed by atoms with Gasteiger partial charge < -0.3 is 31.3 Å². The van der Waals surface area contributed by atoms with Crippen molar-refractivity contribution in [1.82, 2.24) is 0 Å². The lowest BCUT2D eigenvalue weighted by atomic mass is 10.0. The lowest BCUT2D eigenvalue weighted by Gasteiger charge is -2.15. The van der Waals surface area contributed by atoms with Crippen molar-refractivity contribution in [2.24, 2.45) is 10.2 Å². The van der Waals surface area contributed by atoms with Gasteiger partial charge in [-0.05, 0) is 66.2 Å². The summed E-state index contributed by atoms with van der Waals surface area (Å²) in [6.45, 7) is 0. The van der Waals surface area contributed by atoms with Gasteiger partial charge in [-0.25, -0.2) is 14.8 Å². The van der Waals surface area contributed by atoms with Gasteiger partial charge in [-0.2, -0.15) is 18.6 Å². The van der Waals surface area contributed by atoms with Gasteiger partial charge in [0.1, 0.15) is 27.5 Å². The van der Waals surface area contributed by atoms with Gasteiger partial charge in [-0.1, -0.05) is 17.2 Å². The van der Waals surface area contributed by atoms with Crippen molar-refractivity contribution in [2.45, 2.75) is 9.79 Å². The van der Waals surface area contributed by atoms with E-state index in [1.165, 1.54) is 42.5 Å². The van der Waals surface area contributed by atoms with Crippen LogP contribution < -0.4 is 10.9 Å². The molecular formula is C26H20N4O12S2. The van der Waals surface area contributed by atoms with E-state index in [9.17, 15) is 43.0 Å². The third-order valence-electron chi connectivity index (χ3n) is 5.74. The van der Waals surface area contributed by atoms with Crippen molar-refractivity contribution in [3.05, 3.63) is 83.9 Å². The fourth-order valence-corrected chi connectivity index (χ4v) is 5.03. The molecule has 0 aliphatic carbocycles. The number of hydrazine groups is 1. The van der Waals surface area contributed by atoms with E-state index in [0.29, 0.717) is 12.0 Å². The zero-order valence-corrected chi connectivity index (χ0v) is 23.4. The molecule has 0 fully saturated rings. The molecule has 16 nitrogen and oxygen atoms in total. The minimum atomic E-state index is -4.84. The van der Waals surface area contributed by atoms with E-state index < -0.39 is 38.5 Å². The number of carboxylic acids is 2. The van der Waals surface area contributed by atoms with Crippen LogP contribution in [-0.4, -0.2) is 50.6 Å². The van der Waals surface area contributed by atoms with Crippen LogP contribution in [0.1, 0.15) is 20.7 Å². The number of rotatable bonds is 12. The monoisotopic (exact) mass is 644 g/mol. The molecule has 0 atom stereocenters. The first kappa shape index (κ1) is 31.7. The molecule has 0 aromatic heterocycles. The van der Waals surface area contributed by atoms with Crippen LogP contribution in [0.5, 0.6) is 11.5 Å². The van der Waals surface area contributed by atoms with Gasteiger partial charge in [0.15, 0.2) is 0 Å². The molecule has 4 aromatic carbocycles. The molecular weight excluding hydrogens is 624 g/mol. The molecule has 18 heteroatoms. The Balaban J connectivity index is 1.67. The van der Waals surface area contributed by atoms with Crippen LogP contribution in [0.4, 0.5) is 22.7 Å². The van der Waals surface area contributed by atoms with Crippen LogP contribution in [0.15, 0.2) is 92.8 Å². The van der Waals surface area contributed by atoms with E-state index in [1.807, 2.05) is 0 Å². The third-order valence-corrected chi connectivity index (χ3v) is 7.28. The molecule has 4 aromatic rings. The Morgan fingerprint density at radius 3 is 1.86 bits per heavy atom. The Morgan fingerprint density at radius 1 is 0.727 bits per heavy atom. The molecule has 0 heterocycles. The molecule has 4 rings (SSSR count). The number of phenols is 2. The van der Waals surface area contributed by atoms with Crippen molar-refractivity contribution in [3.8, 4) is 22.6 Å². The number of hydrogen-bond acceptors (Lipinski definition) is 14. The van der Waals surface area contributed by atoms with Gasteiger partial charge >= 0.3 is 11.9 Å². The molecule has 0 spiro atoms. The van der Waals surface area contributed by atoms with Crippen LogP contribution in [0.3, 0.4) is 0 Å². The van der Waals surface area contributed by atoms with Gasteiger partial charge in [-0.15, -0.1) is 4.33 Å². The van der Waals surface area contributed by atoms with Gasteiger partial charge in [0.25, 0.3) is 10.1 Å². The lowest BCUT2D eigenvalue weighted by molar-refractivity contribution is -0.432. The van der Waals surface area contributed by atoms with E-state index in [2.05, 4.69) is 30.5 Å². The van der Waals surface area contributed by atoms with Crippen molar-refractivity contribution in [1.29, 1.82) is 0 Å². The maximum atomic E-state index is 12.4. The number of nitrogens with one attached hydrogen (secondary N) is 2. The maximum absolute atomic E-state index is 12.4. The number of carboxylic acid groups (broad SMARTS) is 2. The third kappa shape index (κ3) is 7.58. The second-order valence-electron chi connectivity index (χ2n) is 8.59. The maximum Gasteiger partial charge on any atom is 0.339 e. The summed E-state index contributed by atoms with van der Waals surface area (Å²) in [5, 5.41) is 58.0. The smallest absolute Gasteiger partial charge is 0.339 e. The number of benzene rings is 4. The second kappa shape index (κ2) is 13.4. The number of aromatic carboxylic acids is 2. The molecule has 8 N–H and O–H groups in total. The molecule has 0 aliphatic heterocycles. The van der Waals surface area contributed by atoms with Crippen molar-refractivity contribution in [2.75, 3.05) is 10.9 Å². The van der Waals surface area contributed by atoms with Crippen LogP contribution >= 0.6 is 12.0 Å². The average Bonchev–Trinajstić information content (AvgIpc) is 2.98. The summed E-state index contributed by atoms with van der Waals surface area (Å²) in [7, 11) is -4.84. The highest BCUT2D eigenvalue weighted by molar-refractivity contribution is 7.94. The lowest BCUT2D eigenvalue weighted by Crippen LogP contribution is -2.11. The summed E-state index contributed by atoms with van der Waals surface area (Å²) in [5.41, 5.74) is 5.39. The fourth-order valence-electron chi connectivity index (χ4n) is 3.76. The van der Waals surface area contributed by atoms with Crippen LogP contribution in [0.25, 0.3) is 11.1 Å². The quantitative estimate of drug-likeness (QED) is 0.0230. The van der Waals surface area contributed by atoms with Crippen LogP contribution in [-0.2, 0) is 19.5 Å². The molecule has 0 saturated heterocycles. The Bertz CT molecular complexity index is 1880. The normalized spacial score (nSPS) is 11.4. The summed E-state index contributed by atoms with van der Waals surface area (Å²) in [6.07, 6.45) is 0.